The molecule has 0 amide bonds. The SMILES string of the molecule is CC(CNc1ccc(S(=O)(=O)N2CCOCC2)cc1[N+](=O)[O-])N1CCOCC1. The molecule has 2 fully saturated rings. The summed E-state index contributed by atoms with van der Waals surface area (Å²) in [6, 6.07) is 4.18. The van der Waals surface area contributed by atoms with Crippen molar-refractivity contribution < 1.29 is 22.8 Å². The van der Waals surface area contributed by atoms with E-state index in [1.807, 2.05) is 6.92 Å². The van der Waals surface area contributed by atoms with Gasteiger partial charge in [0.05, 0.1) is 36.2 Å². The van der Waals surface area contributed by atoms with Gasteiger partial charge in [-0.15, -0.1) is 0 Å². The molecule has 1 unspecified atom stereocenters. The summed E-state index contributed by atoms with van der Waals surface area (Å²) in [5.74, 6) is 0. The van der Waals surface area contributed by atoms with Crippen LogP contribution in [0.5, 0.6) is 0 Å². The summed E-state index contributed by atoms with van der Waals surface area (Å²) in [4.78, 5) is 13.2. The van der Waals surface area contributed by atoms with Crippen LogP contribution in [0.2, 0.25) is 0 Å². The minimum absolute atomic E-state index is 0.0760. The Balaban J connectivity index is 1.74. The van der Waals surface area contributed by atoms with Crippen LogP contribution in [0, 0.1) is 10.1 Å². The predicted octanol–water partition coefficient (Wildman–Crippen LogP) is 0.748. The summed E-state index contributed by atoms with van der Waals surface area (Å²) in [6.45, 7) is 6.68. The fraction of sp³-hybridized carbons (Fsp3) is 0.647. The lowest BCUT2D eigenvalue weighted by Gasteiger charge is -2.32. The Morgan fingerprint density at radius 2 is 1.75 bits per heavy atom. The standard InChI is InChI=1S/C17H26N4O6S/c1-14(19-4-8-26-9-5-19)13-18-16-3-2-15(12-17(16)21(22)23)28(24,25)20-6-10-27-11-7-20/h2-3,12,14,18H,4-11,13H2,1H3. The number of nitro groups is 1. The molecule has 0 radical (unpaired) electrons. The van der Waals surface area contributed by atoms with Gasteiger partial charge in [0.25, 0.3) is 5.69 Å². The summed E-state index contributed by atoms with van der Waals surface area (Å²) in [5, 5.41) is 14.6. The maximum absolute atomic E-state index is 12.8. The van der Waals surface area contributed by atoms with Crippen LogP contribution in [0.1, 0.15) is 6.92 Å². The Kier molecular flexibility index (Phi) is 6.83. The molecule has 28 heavy (non-hydrogen) atoms. The van der Waals surface area contributed by atoms with E-state index >= 15 is 0 Å². The zero-order valence-corrected chi connectivity index (χ0v) is 16.7. The number of sulfonamides is 1. The molecule has 10 nitrogen and oxygen atoms in total. The van der Waals surface area contributed by atoms with Crippen molar-refractivity contribution in [1.29, 1.82) is 0 Å². The van der Waals surface area contributed by atoms with Crippen molar-refractivity contribution >= 4 is 21.4 Å². The highest BCUT2D eigenvalue weighted by molar-refractivity contribution is 7.89. The number of ether oxygens (including phenoxy) is 2. The number of hydrogen-bond donors (Lipinski definition) is 1. The minimum Gasteiger partial charge on any atom is -0.379 e. The first-order chi connectivity index (χ1) is 13.4. The molecule has 2 saturated heterocycles. The van der Waals surface area contributed by atoms with Crippen molar-refractivity contribution in [1.82, 2.24) is 9.21 Å². The number of hydrogen-bond acceptors (Lipinski definition) is 8. The normalized spacial score (nSPS) is 20.6. The van der Waals surface area contributed by atoms with Crippen LogP contribution in [0.25, 0.3) is 0 Å². The quantitative estimate of drug-likeness (QED) is 0.513. The molecule has 0 spiro atoms. The predicted molar refractivity (Wildman–Crippen MR) is 103 cm³/mol. The molecule has 1 N–H and O–H groups in total. The van der Waals surface area contributed by atoms with E-state index in [0.717, 1.165) is 19.2 Å². The molecule has 0 saturated carbocycles. The van der Waals surface area contributed by atoms with Gasteiger partial charge >= 0.3 is 0 Å². The molecule has 156 valence electrons. The highest BCUT2D eigenvalue weighted by Gasteiger charge is 2.29. The second-order valence-electron chi connectivity index (χ2n) is 6.83. The molecule has 1 aromatic rings. The Labute approximate surface area is 164 Å². The average Bonchev–Trinajstić information content (AvgIpc) is 2.73. The fourth-order valence-electron chi connectivity index (χ4n) is 3.31. The van der Waals surface area contributed by atoms with Gasteiger partial charge in [-0.2, -0.15) is 4.31 Å². The number of morpholine rings is 2. The molecule has 0 aromatic heterocycles. The maximum Gasteiger partial charge on any atom is 0.293 e. The Hall–Kier alpha value is -1.79. The Morgan fingerprint density at radius 3 is 2.36 bits per heavy atom. The summed E-state index contributed by atoms with van der Waals surface area (Å²) in [5.41, 5.74) is 0.0644. The van der Waals surface area contributed by atoms with Crippen LogP contribution in [0.3, 0.4) is 0 Å². The van der Waals surface area contributed by atoms with Crippen LogP contribution < -0.4 is 5.32 Å². The van der Waals surface area contributed by atoms with E-state index in [-0.39, 0.29) is 29.7 Å². The van der Waals surface area contributed by atoms with Gasteiger partial charge in [-0.05, 0) is 19.1 Å². The third-order valence-electron chi connectivity index (χ3n) is 5.03. The van der Waals surface area contributed by atoms with Crippen molar-refractivity contribution in [2.24, 2.45) is 0 Å². The van der Waals surface area contributed by atoms with E-state index in [9.17, 15) is 18.5 Å². The number of benzene rings is 1. The van der Waals surface area contributed by atoms with E-state index in [0.29, 0.717) is 38.7 Å². The van der Waals surface area contributed by atoms with Gasteiger partial charge in [-0.1, -0.05) is 0 Å². The van der Waals surface area contributed by atoms with E-state index in [4.69, 9.17) is 9.47 Å². The summed E-state index contributed by atoms with van der Waals surface area (Å²) >= 11 is 0. The molecule has 11 heteroatoms. The summed E-state index contributed by atoms with van der Waals surface area (Å²) in [7, 11) is -3.78. The van der Waals surface area contributed by atoms with Gasteiger partial charge in [0.2, 0.25) is 10.0 Å². The van der Waals surface area contributed by atoms with Gasteiger partial charge < -0.3 is 14.8 Å². The number of nitrogens with one attached hydrogen (secondary N) is 1. The number of nitro benzene ring substituents is 1. The monoisotopic (exact) mass is 414 g/mol. The van der Waals surface area contributed by atoms with Crippen LogP contribution in [-0.4, -0.2) is 87.7 Å². The first-order valence-electron chi connectivity index (χ1n) is 9.31. The van der Waals surface area contributed by atoms with Crippen LogP contribution >= 0.6 is 0 Å². The van der Waals surface area contributed by atoms with Crippen LogP contribution in [-0.2, 0) is 19.5 Å². The van der Waals surface area contributed by atoms with Crippen molar-refractivity contribution in [2.45, 2.75) is 17.9 Å². The molecule has 2 aliphatic heterocycles. The first-order valence-corrected chi connectivity index (χ1v) is 10.8. The topological polar surface area (TPSA) is 114 Å². The minimum atomic E-state index is -3.78. The van der Waals surface area contributed by atoms with Crippen molar-refractivity contribution in [3.63, 3.8) is 0 Å². The molecule has 0 aliphatic carbocycles. The third kappa shape index (κ3) is 4.78. The molecular weight excluding hydrogens is 388 g/mol. The third-order valence-corrected chi connectivity index (χ3v) is 6.93. The van der Waals surface area contributed by atoms with E-state index in [1.54, 1.807) is 0 Å². The molecular formula is C17H26N4O6S. The van der Waals surface area contributed by atoms with Crippen molar-refractivity contribution in [3.8, 4) is 0 Å². The molecule has 2 heterocycles. The van der Waals surface area contributed by atoms with Crippen LogP contribution in [0.15, 0.2) is 23.1 Å². The zero-order valence-electron chi connectivity index (χ0n) is 15.9. The molecule has 1 atom stereocenters. The molecule has 2 aliphatic rings. The molecule has 0 bridgehead atoms. The van der Waals surface area contributed by atoms with Gasteiger partial charge in [-0.25, -0.2) is 8.42 Å². The van der Waals surface area contributed by atoms with Gasteiger partial charge in [-0.3, -0.25) is 15.0 Å². The van der Waals surface area contributed by atoms with Crippen molar-refractivity contribution in [2.75, 3.05) is 64.5 Å². The van der Waals surface area contributed by atoms with Gasteiger partial charge in [0.15, 0.2) is 0 Å². The fourth-order valence-corrected chi connectivity index (χ4v) is 4.74. The Bertz CT molecular complexity index is 791. The number of rotatable bonds is 7. The van der Waals surface area contributed by atoms with Gasteiger partial charge in [0, 0.05) is 44.8 Å². The largest absolute Gasteiger partial charge is 0.379 e. The van der Waals surface area contributed by atoms with Gasteiger partial charge in [0.1, 0.15) is 5.69 Å². The molecule has 3 rings (SSSR count). The van der Waals surface area contributed by atoms with Crippen LogP contribution in [0.4, 0.5) is 11.4 Å². The lowest BCUT2D eigenvalue weighted by Crippen LogP contribution is -2.45. The van der Waals surface area contributed by atoms with E-state index in [1.165, 1.54) is 16.4 Å². The highest BCUT2D eigenvalue weighted by atomic mass is 32.2. The average molecular weight is 414 g/mol. The lowest BCUT2D eigenvalue weighted by atomic mass is 10.2. The smallest absolute Gasteiger partial charge is 0.293 e. The van der Waals surface area contributed by atoms with Crippen molar-refractivity contribution in [3.05, 3.63) is 28.3 Å². The molecule has 1 aromatic carbocycles. The summed E-state index contributed by atoms with van der Waals surface area (Å²) < 4.78 is 37.3. The zero-order chi connectivity index (χ0) is 20.1. The first kappa shape index (κ1) is 20.9. The maximum atomic E-state index is 12.8. The van der Waals surface area contributed by atoms with E-state index < -0.39 is 14.9 Å². The van der Waals surface area contributed by atoms with E-state index in [2.05, 4.69) is 10.2 Å². The number of nitrogens with zero attached hydrogens (tertiary/aromatic N) is 3. The second kappa shape index (κ2) is 9.14. The number of anilines is 1. The summed E-state index contributed by atoms with van der Waals surface area (Å²) in [6.07, 6.45) is 0. The Morgan fingerprint density at radius 1 is 1.14 bits per heavy atom. The lowest BCUT2D eigenvalue weighted by molar-refractivity contribution is -0.384. The highest BCUT2D eigenvalue weighted by Crippen LogP contribution is 2.29. The second-order valence-corrected chi connectivity index (χ2v) is 8.77.